The van der Waals surface area contributed by atoms with Crippen molar-refractivity contribution in [3.05, 3.63) is 77.9 Å². The number of carbonyl (C=O) groups is 1. The van der Waals surface area contributed by atoms with Crippen LogP contribution in [0.3, 0.4) is 0 Å². The Morgan fingerprint density at radius 3 is 2.47 bits per heavy atom. The highest BCUT2D eigenvalue weighted by atomic mass is 16.5. The molecule has 0 radical (unpaired) electrons. The molecule has 2 aromatic carbocycles. The maximum Gasteiger partial charge on any atom is 0.258 e. The third-order valence-electron chi connectivity index (χ3n) is 4.94. The number of nitrogens with one attached hydrogen (secondary N) is 1. The van der Waals surface area contributed by atoms with Crippen LogP contribution in [-0.2, 0) is 17.3 Å². The molecule has 1 amide bonds. The number of imidazole rings is 1. The minimum atomic E-state index is -0.417. The van der Waals surface area contributed by atoms with Crippen LogP contribution in [0.1, 0.15) is 43.8 Å². The molecular formula is C24H29N3O3. The molecule has 6 nitrogen and oxygen atoms in total. The normalized spacial score (nSPS) is 12.3. The molecule has 0 saturated heterocycles. The minimum absolute atomic E-state index is 0.0714. The van der Waals surface area contributed by atoms with Crippen molar-refractivity contribution in [3.63, 3.8) is 0 Å². The summed E-state index contributed by atoms with van der Waals surface area (Å²) in [6.45, 7) is 6.39. The number of aryl methyl sites for hydroxylation is 1. The van der Waals surface area contributed by atoms with Crippen molar-refractivity contribution in [1.82, 2.24) is 14.9 Å². The summed E-state index contributed by atoms with van der Waals surface area (Å²) in [5, 5.41) is 3.03. The number of ether oxygens (including phenoxy) is 2. The summed E-state index contributed by atoms with van der Waals surface area (Å²) in [5.74, 6) is 1.88. The van der Waals surface area contributed by atoms with Crippen LogP contribution < -0.4 is 14.8 Å². The van der Waals surface area contributed by atoms with Crippen LogP contribution in [0, 0.1) is 0 Å². The van der Waals surface area contributed by atoms with Crippen LogP contribution in [0.5, 0.6) is 11.5 Å². The second kappa shape index (κ2) is 9.03. The molecule has 1 aromatic heterocycles. The molecule has 1 N–H and O–H groups in total. The lowest BCUT2D eigenvalue weighted by molar-refractivity contribution is -0.123. The Hall–Kier alpha value is -3.28. The van der Waals surface area contributed by atoms with Gasteiger partial charge in [-0.3, -0.25) is 4.79 Å². The van der Waals surface area contributed by atoms with E-state index in [0.717, 1.165) is 17.1 Å². The van der Waals surface area contributed by atoms with Gasteiger partial charge in [-0.2, -0.15) is 0 Å². The number of hydrogen-bond donors (Lipinski definition) is 1. The molecule has 0 aliphatic carbocycles. The van der Waals surface area contributed by atoms with Crippen LogP contribution in [0.4, 0.5) is 0 Å². The molecule has 0 spiro atoms. The van der Waals surface area contributed by atoms with Crippen LogP contribution in [0.15, 0.2) is 60.9 Å². The molecule has 1 atom stereocenters. The molecule has 158 valence electrons. The van der Waals surface area contributed by atoms with E-state index in [4.69, 9.17) is 9.47 Å². The van der Waals surface area contributed by atoms with Gasteiger partial charge in [0.25, 0.3) is 5.91 Å². The summed E-state index contributed by atoms with van der Waals surface area (Å²) in [4.78, 5) is 17.1. The van der Waals surface area contributed by atoms with E-state index in [9.17, 15) is 4.79 Å². The van der Waals surface area contributed by atoms with Gasteiger partial charge in [0.05, 0.1) is 7.11 Å². The van der Waals surface area contributed by atoms with E-state index in [2.05, 4.69) is 31.1 Å². The zero-order valence-corrected chi connectivity index (χ0v) is 18.2. The SMILES string of the molecule is COc1cccc([C@@H](NC(=O)COc2ccc(C(C)(C)C)cc2)c2nccn2C)c1. The van der Waals surface area contributed by atoms with Crippen molar-refractivity contribution >= 4 is 5.91 Å². The van der Waals surface area contributed by atoms with E-state index in [1.807, 2.05) is 66.3 Å². The molecule has 0 aliphatic heterocycles. The van der Waals surface area contributed by atoms with E-state index in [-0.39, 0.29) is 17.9 Å². The predicted octanol–water partition coefficient (Wildman–Crippen LogP) is 4.01. The average Bonchev–Trinajstić information content (AvgIpc) is 3.15. The molecule has 1 heterocycles. The number of amides is 1. The largest absolute Gasteiger partial charge is 0.497 e. The van der Waals surface area contributed by atoms with Crippen molar-refractivity contribution in [3.8, 4) is 11.5 Å². The van der Waals surface area contributed by atoms with Crippen molar-refractivity contribution in [1.29, 1.82) is 0 Å². The van der Waals surface area contributed by atoms with E-state index in [1.54, 1.807) is 13.3 Å². The van der Waals surface area contributed by atoms with E-state index >= 15 is 0 Å². The molecule has 3 rings (SSSR count). The zero-order chi connectivity index (χ0) is 21.7. The van der Waals surface area contributed by atoms with Gasteiger partial charge in [-0.1, -0.05) is 45.0 Å². The Kier molecular flexibility index (Phi) is 6.45. The highest BCUT2D eigenvalue weighted by Crippen LogP contribution is 2.25. The van der Waals surface area contributed by atoms with Gasteiger partial charge in [0, 0.05) is 19.4 Å². The zero-order valence-electron chi connectivity index (χ0n) is 18.2. The van der Waals surface area contributed by atoms with Crippen molar-refractivity contribution in [2.75, 3.05) is 13.7 Å². The van der Waals surface area contributed by atoms with Crippen molar-refractivity contribution in [2.45, 2.75) is 32.2 Å². The van der Waals surface area contributed by atoms with Gasteiger partial charge in [0.15, 0.2) is 6.61 Å². The van der Waals surface area contributed by atoms with Crippen LogP contribution in [0.25, 0.3) is 0 Å². The number of hydrogen-bond acceptors (Lipinski definition) is 4. The highest BCUT2D eigenvalue weighted by Gasteiger charge is 2.21. The van der Waals surface area contributed by atoms with E-state index in [0.29, 0.717) is 5.75 Å². The fourth-order valence-electron chi connectivity index (χ4n) is 3.18. The second-order valence-corrected chi connectivity index (χ2v) is 8.24. The monoisotopic (exact) mass is 407 g/mol. The molecular weight excluding hydrogens is 378 g/mol. The van der Waals surface area contributed by atoms with Gasteiger partial charge >= 0.3 is 0 Å². The molecule has 3 aromatic rings. The van der Waals surface area contributed by atoms with Gasteiger partial charge in [0.1, 0.15) is 23.4 Å². The van der Waals surface area contributed by atoms with Gasteiger partial charge in [-0.15, -0.1) is 0 Å². The Labute approximate surface area is 177 Å². The summed E-state index contributed by atoms with van der Waals surface area (Å²) in [7, 11) is 3.52. The molecule has 0 aliphatic rings. The molecule has 6 heteroatoms. The lowest BCUT2D eigenvalue weighted by Crippen LogP contribution is -2.34. The number of carbonyl (C=O) groups excluding carboxylic acids is 1. The third kappa shape index (κ3) is 5.20. The molecule has 0 bridgehead atoms. The van der Waals surface area contributed by atoms with Gasteiger partial charge < -0.3 is 19.4 Å². The van der Waals surface area contributed by atoms with Gasteiger partial charge in [-0.05, 0) is 40.8 Å². The topological polar surface area (TPSA) is 65.4 Å². The maximum absolute atomic E-state index is 12.7. The summed E-state index contributed by atoms with van der Waals surface area (Å²) < 4.78 is 12.9. The summed E-state index contributed by atoms with van der Waals surface area (Å²) >= 11 is 0. The summed E-state index contributed by atoms with van der Waals surface area (Å²) in [6.07, 6.45) is 3.56. The first-order valence-electron chi connectivity index (χ1n) is 9.92. The van der Waals surface area contributed by atoms with Crippen LogP contribution in [0.2, 0.25) is 0 Å². The Morgan fingerprint density at radius 2 is 1.87 bits per heavy atom. The fraction of sp³-hybridized carbons (Fsp3) is 0.333. The molecule has 0 saturated carbocycles. The second-order valence-electron chi connectivity index (χ2n) is 8.24. The summed E-state index contributed by atoms with van der Waals surface area (Å²) in [6, 6.07) is 15.0. The number of rotatable bonds is 7. The van der Waals surface area contributed by atoms with Crippen molar-refractivity contribution < 1.29 is 14.3 Å². The van der Waals surface area contributed by atoms with E-state index in [1.165, 1.54) is 5.56 Å². The number of benzene rings is 2. The lowest BCUT2D eigenvalue weighted by Gasteiger charge is -2.20. The number of aromatic nitrogens is 2. The van der Waals surface area contributed by atoms with Gasteiger partial charge in [-0.25, -0.2) is 4.98 Å². The van der Waals surface area contributed by atoms with Gasteiger partial charge in [0.2, 0.25) is 0 Å². The molecule has 0 unspecified atom stereocenters. The van der Waals surface area contributed by atoms with E-state index < -0.39 is 6.04 Å². The third-order valence-corrected chi connectivity index (χ3v) is 4.94. The number of methoxy groups -OCH3 is 1. The summed E-state index contributed by atoms with van der Waals surface area (Å²) in [5.41, 5.74) is 2.17. The molecule has 0 fully saturated rings. The highest BCUT2D eigenvalue weighted by molar-refractivity contribution is 5.78. The van der Waals surface area contributed by atoms with Crippen LogP contribution >= 0.6 is 0 Å². The average molecular weight is 408 g/mol. The smallest absolute Gasteiger partial charge is 0.258 e. The first kappa shape index (κ1) is 21.4. The molecule has 30 heavy (non-hydrogen) atoms. The maximum atomic E-state index is 12.7. The lowest BCUT2D eigenvalue weighted by atomic mass is 9.87. The standard InChI is InChI=1S/C24H29N3O3/c1-24(2,3)18-9-11-19(12-10-18)30-16-21(28)26-22(23-25-13-14-27(23)4)17-7-6-8-20(15-17)29-5/h6-15,22H,16H2,1-5H3,(H,26,28)/t22-/m1/s1. The quantitative estimate of drug-likeness (QED) is 0.643. The first-order valence-corrected chi connectivity index (χ1v) is 9.92. The fourth-order valence-corrected chi connectivity index (χ4v) is 3.18. The first-order chi connectivity index (χ1) is 14.3. The Bertz CT molecular complexity index is 987. The predicted molar refractivity (Wildman–Crippen MR) is 117 cm³/mol. The Balaban J connectivity index is 1.71. The minimum Gasteiger partial charge on any atom is -0.497 e. The van der Waals surface area contributed by atoms with Crippen LogP contribution in [-0.4, -0.2) is 29.2 Å². The Morgan fingerprint density at radius 1 is 1.13 bits per heavy atom. The number of nitrogens with zero attached hydrogens (tertiary/aromatic N) is 2. The van der Waals surface area contributed by atoms with Crippen molar-refractivity contribution in [2.24, 2.45) is 7.05 Å².